The molecule has 5 nitrogen and oxygen atoms in total. The Hall–Kier alpha value is -1.75. The van der Waals surface area contributed by atoms with Crippen molar-refractivity contribution in [3.8, 4) is 0 Å². The number of carbonyl (C=O) groups excluding carboxylic acids is 4. The molecule has 4 fully saturated rings. The predicted octanol–water partition coefficient (Wildman–Crippen LogP) is 6.62. The molecule has 6 heteroatoms. The lowest BCUT2D eigenvalue weighted by molar-refractivity contribution is -0.192. The van der Waals surface area contributed by atoms with Gasteiger partial charge in [-0.25, -0.2) is 0 Å². The van der Waals surface area contributed by atoms with Gasteiger partial charge in [-0.3, -0.25) is 19.2 Å². The average molecular weight is 543 g/mol. The van der Waals surface area contributed by atoms with Gasteiger partial charge in [-0.05, 0) is 91.6 Å². The fourth-order valence-electron chi connectivity index (χ4n) is 10.3. The highest BCUT2D eigenvalue weighted by atomic mass is 35.5. The van der Waals surface area contributed by atoms with E-state index >= 15 is 0 Å². The Balaban J connectivity index is 1.71. The number of fused-ring (bicyclic) bond motifs is 7. The normalized spacial score (nSPS) is 46.3. The van der Waals surface area contributed by atoms with Gasteiger partial charge in [0.2, 0.25) is 0 Å². The van der Waals surface area contributed by atoms with Crippen LogP contribution in [0.2, 0.25) is 0 Å². The van der Waals surface area contributed by atoms with Crippen LogP contribution in [-0.2, 0) is 23.9 Å². The molecule has 0 N–H and O–H groups in total. The molecule has 0 spiro atoms. The van der Waals surface area contributed by atoms with E-state index in [0.29, 0.717) is 6.42 Å². The van der Waals surface area contributed by atoms with Crippen LogP contribution in [0.15, 0.2) is 22.8 Å². The minimum atomic E-state index is -0.989. The number of ketones is 3. The van der Waals surface area contributed by atoms with Crippen molar-refractivity contribution in [1.29, 1.82) is 0 Å². The molecule has 4 saturated carbocycles. The number of hydrogen-bond donors (Lipinski definition) is 0. The van der Waals surface area contributed by atoms with Crippen LogP contribution in [-0.4, -0.2) is 30.4 Å². The highest BCUT2D eigenvalue weighted by Crippen LogP contribution is 2.74. The van der Waals surface area contributed by atoms with Gasteiger partial charge in [-0.2, -0.15) is 0 Å². The van der Waals surface area contributed by atoms with E-state index in [1.54, 1.807) is 6.08 Å². The van der Waals surface area contributed by atoms with Crippen LogP contribution in [0, 0.1) is 50.2 Å². The number of ether oxygens (including phenoxy) is 1. The van der Waals surface area contributed by atoms with Crippen LogP contribution in [0.3, 0.4) is 0 Å². The molecule has 0 bridgehead atoms. The maximum atomic E-state index is 14.4. The number of esters is 1. The number of rotatable bonds is 1. The van der Waals surface area contributed by atoms with Gasteiger partial charge in [-0.15, -0.1) is 0 Å². The first-order valence-electron chi connectivity index (χ1n) is 14.2. The molecule has 0 unspecified atom stereocenters. The largest absolute Gasteiger partial charge is 0.469 e. The number of halogens is 1. The summed E-state index contributed by atoms with van der Waals surface area (Å²) in [5.41, 5.74) is -1.17. The van der Waals surface area contributed by atoms with E-state index in [1.807, 2.05) is 20.8 Å². The van der Waals surface area contributed by atoms with Crippen LogP contribution in [0.4, 0.5) is 0 Å². The zero-order chi connectivity index (χ0) is 28.3. The zero-order valence-electron chi connectivity index (χ0n) is 24.3. The summed E-state index contributed by atoms with van der Waals surface area (Å²) in [5, 5.41) is 0. The first-order valence-corrected chi connectivity index (χ1v) is 14.7. The molecule has 0 heterocycles. The van der Waals surface area contributed by atoms with E-state index in [9.17, 15) is 19.2 Å². The van der Waals surface area contributed by atoms with Crippen molar-refractivity contribution < 1.29 is 23.9 Å². The molecule has 0 aliphatic heterocycles. The van der Waals surface area contributed by atoms with Gasteiger partial charge in [0.15, 0.2) is 17.3 Å². The lowest BCUT2D eigenvalue weighted by Crippen LogP contribution is -2.67. The highest BCUT2D eigenvalue weighted by Gasteiger charge is 2.72. The molecule has 0 aromatic rings. The van der Waals surface area contributed by atoms with Gasteiger partial charge in [0.05, 0.1) is 23.5 Å². The fraction of sp³-hybridized carbons (Fsp3) is 0.750. The number of carbonyl (C=O) groups is 4. The van der Waals surface area contributed by atoms with Crippen molar-refractivity contribution >= 4 is 34.9 Å². The molecular weight excluding hydrogens is 500 g/mol. The van der Waals surface area contributed by atoms with Crippen molar-refractivity contribution in [2.45, 2.75) is 93.4 Å². The van der Waals surface area contributed by atoms with Crippen molar-refractivity contribution in [3.63, 3.8) is 0 Å². The van der Waals surface area contributed by atoms with E-state index in [0.717, 1.165) is 49.6 Å². The fourth-order valence-corrected chi connectivity index (χ4v) is 10.5. The van der Waals surface area contributed by atoms with Gasteiger partial charge < -0.3 is 4.74 Å². The molecule has 38 heavy (non-hydrogen) atoms. The van der Waals surface area contributed by atoms with Crippen LogP contribution in [0.25, 0.3) is 0 Å². The van der Waals surface area contributed by atoms with Crippen molar-refractivity contribution in [2.24, 2.45) is 50.2 Å². The Bertz CT molecular complexity index is 1210. The Morgan fingerprint density at radius 3 is 2.18 bits per heavy atom. The third-order valence-corrected chi connectivity index (χ3v) is 12.9. The molecule has 0 aromatic heterocycles. The second-order valence-electron chi connectivity index (χ2n) is 15.0. The Morgan fingerprint density at radius 2 is 1.58 bits per heavy atom. The summed E-state index contributed by atoms with van der Waals surface area (Å²) in [5.74, 6) is -1.26. The van der Waals surface area contributed by atoms with E-state index in [1.165, 1.54) is 7.11 Å². The van der Waals surface area contributed by atoms with E-state index in [2.05, 4.69) is 27.7 Å². The first-order chi connectivity index (χ1) is 17.5. The zero-order valence-corrected chi connectivity index (χ0v) is 25.0. The van der Waals surface area contributed by atoms with Crippen LogP contribution < -0.4 is 0 Å². The smallest absolute Gasteiger partial charge is 0.312 e. The van der Waals surface area contributed by atoms with Crippen molar-refractivity contribution in [1.82, 2.24) is 0 Å². The summed E-state index contributed by atoms with van der Waals surface area (Å²) in [4.78, 5) is 55.2. The second-order valence-corrected chi connectivity index (χ2v) is 15.2. The molecule has 0 amide bonds. The lowest BCUT2D eigenvalue weighted by atomic mass is 9.33. The standard InChI is InChI=1S/C32H43ClO5/c1-27(2)11-13-32(26(37)38-8)14-12-30(6)23(19(32)16-27)20(34)15-22-29(30,5)10-9-21-28(3,4)24(35)18(17-33)25(36)31(21,22)7/h15,17,19,21,23H,9-14,16H2,1-8H3/b18-17-/t19-,21-,23-,29+,30+,31-,32-/m0/s1. The Labute approximate surface area is 232 Å². The summed E-state index contributed by atoms with van der Waals surface area (Å²) >= 11 is 6.10. The predicted molar refractivity (Wildman–Crippen MR) is 146 cm³/mol. The van der Waals surface area contributed by atoms with E-state index < -0.39 is 27.1 Å². The average Bonchev–Trinajstić information content (AvgIpc) is 2.84. The van der Waals surface area contributed by atoms with Crippen molar-refractivity contribution in [2.75, 3.05) is 7.11 Å². The van der Waals surface area contributed by atoms with Crippen LogP contribution in [0.1, 0.15) is 93.4 Å². The SMILES string of the molecule is COC(=O)[C@]12CCC(C)(C)C[C@H]1[C@H]1C(=O)C=C3[C@@]4(C)C(=O)/C(=C\Cl)C(=O)C(C)(C)[C@@H]4CC[C@@]3(C)[C@]1(C)CC2. The third kappa shape index (κ3) is 3.12. The molecule has 5 rings (SSSR count). The summed E-state index contributed by atoms with van der Waals surface area (Å²) in [6.07, 6.45) is 7.16. The first kappa shape index (κ1) is 27.8. The minimum absolute atomic E-state index is 0.0245. The number of methoxy groups -OCH3 is 1. The molecule has 7 atom stereocenters. The third-order valence-electron chi connectivity index (χ3n) is 12.7. The van der Waals surface area contributed by atoms with E-state index in [4.69, 9.17) is 16.3 Å². The quantitative estimate of drug-likeness (QED) is 0.211. The number of Topliss-reactive ketones (excluding diaryl/α,β-unsaturated/α-hetero) is 2. The van der Waals surface area contributed by atoms with Gasteiger partial charge in [0, 0.05) is 16.9 Å². The van der Waals surface area contributed by atoms with Gasteiger partial charge in [0.25, 0.3) is 0 Å². The molecule has 5 aliphatic carbocycles. The highest BCUT2D eigenvalue weighted by molar-refractivity contribution is 6.36. The topological polar surface area (TPSA) is 77.5 Å². The number of allylic oxidation sites excluding steroid dienone is 3. The minimum Gasteiger partial charge on any atom is -0.469 e. The van der Waals surface area contributed by atoms with Crippen LogP contribution in [0.5, 0.6) is 0 Å². The molecule has 0 aromatic carbocycles. The molecule has 0 saturated heterocycles. The van der Waals surface area contributed by atoms with Gasteiger partial charge in [0.1, 0.15) is 0 Å². The van der Waals surface area contributed by atoms with Gasteiger partial charge >= 0.3 is 5.97 Å². The maximum absolute atomic E-state index is 14.4. The molecule has 208 valence electrons. The molecule has 0 radical (unpaired) electrons. The Morgan fingerprint density at radius 1 is 0.947 bits per heavy atom. The number of hydrogen-bond acceptors (Lipinski definition) is 5. The summed E-state index contributed by atoms with van der Waals surface area (Å²) in [7, 11) is 1.46. The van der Waals surface area contributed by atoms with E-state index in [-0.39, 0.29) is 52.1 Å². The second kappa shape index (κ2) is 8.15. The molecule has 5 aliphatic rings. The Kier molecular flexibility index (Phi) is 5.96. The monoisotopic (exact) mass is 542 g/mol. The van der Waals surface area contributed by atoms with Crippen LogP contribution >= 0.6 is 11.6 Å². The van der Waals surface area contributed by atoms with Crippen molar-refractivity contribution in [3.05, 3.63) is 22.8 Å². The summed E-state index contributed by atoms with van der Waals surface area (Å²) < 4.78 is 5.39. The molecular formula is C32H43ClO5. The lowest BCUT2D eigenvalue weighted by Gasteiger charge is -2.68. The summed E-state index contributed by atoms with van der Waals surface area (Å²) in [6.45, 7) is 14.7. The van der Waals surface area contributed by atoms with Gasteiger partial charge in [-0.1, -0.05) is 53.1 Å². The maximum Gasteiger partial charge on any atom is 0.312 e. The summed E-state index contributed by atoms with van der Waals surface area (Å²) in [6, 6.07) is 0.